The first kappa shape index (κ1) is 21.1. The van der Waals surface area contributed by atoms with E-state index in [1.165, 1.54) is 17.2 Å². The minimum Gasteiger partial charge on any atom is -0.387 e. The molecule has 4 atom stereocenters. The molecule has 4 N–H and O–H groups in total. The number of ether oxygens (including phenoxy) is 1. The van der Waals surface area contributed by atoms with Crippen LogP contribution >= 0.6 is 11.6 Å². The van der Waals surface area contributed by atoms with Crippen molar-refractivity contribution in [3.8, 4) is 0 Å². The summed E-state index contributed by atoms with van der Waals surface area (Å²) in [4.78, 5) is 37.1. The number of hydrogen-bond acceptors (Lipinski definition) is 8. The Bertz CT molecular complexity index is 1120. The molecule has 2 aromatic heterocycles. The molecule has 162 valence electrons. The van der Waals surface area contributed by atoms with Crippen LogP contribution in [-0.4, -0.2) is 66.4 Å². The molecule has 0 saturated carbocycles. The molecule has 1 aromatic carbocycles. The fourth-order valence-electron chi connectivity index (χ4n) is 3.29. The molecule has 0 spiro atoms. The summed E-state index contributed by atoms with van der Waals surface area (Å²) in [6, 6.07) is 6.33. The molecule has 0 aliphatic carbocycles. The normalized spacial score (nSPS) is 23.1. The van der Waals surface area contributed by atoms with Crippen LogP contribution in [-0.2, 0) is 9.53 Å². The summed E-state index contributed by atoms with van der Waals surface area (Å²) < 4.78 is 6.98. The number of fused-ring (bicyclic) bond motifs is 1. The lowest BCUT2D eigenvalue weighted by Gasteiger charge is -2.16. The minimum atomic E-state index is -1.43. The molecule has 3 aromatic rings. The van der Waals surface area contributed by atoms with E-state index in [-0.39, 0.29) is 17.0 Å². The van der Waals surface area contributed by atoms with Gasteiger partial charge in [-0.25, -0.2) is 15.0 Å². The topological polar surface area (TPSA) is 151 Å². The molecule has 31 heavy (non-hydrogen) atoms. The zero-order chi connectivity index (χ0) is 22.1. The van der Waals surface area contributed by atoms with Crippen LogP contribution in [0.1, 0.15) is 23.5 Å². The second-order valence-corrected chi connectivity index (χ2v) is 7.27. The number of amides is 2. The standard InChI is InChI=1S/C19H19ClN6O5/c1-2-21-18(30)14-12(27)13(28)19(31-14)26-8-24-11-15(22-7-23-16(11)26)25-17(29)9-3-5-10(20)6-4-9/h3-8,12-14,19,27-28H,2H2,1H3,(H,21,30)(H,22,23,25,29)/t12-,13+,14-,19+/m0/s1. The minimum absolute atomic E-state index is 0.150. The second-order valence-electron chi connectivity index (χ2n) is 6.83. The summed E-state index contributed by atoms with van der Waals surface area (Å²) in [5.74, 6) is -0.807. The van der Waals surface area contributed by atoms with Gasteiger partial charge in [0.1, 0.15) is 18.5 Å². The number of nitrogens with zero attached hydrogens (tertiary/aromatic N) is 4. The van der Waals surface area contributed by atoms with Crippen LogP contribution in [0.25, 0.3) is 11.2 Å². The zero-order valence-electron chi connectivity index (χ0n) is 16.3. The lowest BCUT2D eigenvalue weighted by atomic mass is 10.1. The number of rotatable bonds is 5. The van der Waals surface area contributed by atoms with E-state index in [0.717, 1.165) is 0 Å². The van der Waals surface area contributed by atoms with Crippen LogP contribution in [0.3, 0.4) is 0 Å². The summed E-state index contributed by atoms with van der Waals surface area (Å²) in [6.45, 7) is 2.08. The number of likely N-dealkylation sites (N-methyl/N-ethyl adjacent to an activating group) is 1. The molecule has 1 saturated heterocycles. The van der Waals surface area contributed by atoms with E-state index >= 15 is 0 Å². The van der Waals surface area contributed by atoms with Crippen molar-refractivity contribution >= 4 is 40.4 Å². The van der Waals surface area contributed by atoms with Gasteiger partial charge in [-0.15, -0.1) is 0 Å². The number of hydrogen-bond donors (Lipinski definition) is 4. The van der Waals surface area contributed by atoms with E-state index in [0.29, 0.717) is 17.1 Å². The Morgan fingerprint density at radius 1 is 1.16 bits per heavy atom. The molecule has 11 nitrogen and oxygen atoms in total. The van der Waals surface area contributed by atoms with Crippen molar-refractivity contribution in [2.45, 2.75) is 31.5 Å². The van der Waals surface area contributed by atoms with E-state index in [1.54, 1.807) is 31.2 Å². The first-order valence-electron chi connectivity index (χ1n) is 9.44. The third-order valence-corrected chi connectivity index (χ3v) is 5.07. The van der Waals surface area contributed by atoms with E-state index < -0.39 is 36.4 Å². The van der Waals surface area contributed by atoms with Crippen LogP contribution < -0.4 is 10.6 Å². The Morgan fingerprint density at radius 3 is 2.61 bits per heavy atom. The fourth-order valence-corrected chi connectivity index (χ4v) is 3.42. The maximum Gasteiger partial charge on any atom is 0.256 e. The predicted octanol–water partition coefficient (Wildman–Crippen LogP) is 0.487. The van der Waals surface area contributed by atoms with Gasteiger partial charge < -0.3 is 25.6 Å². The number of aromatic nitrogens is 4. The summed E-state index contributed by atoms with van der Waals surface area (Å²) in [7, 11) is 0. The average molecular weight is 447 g/mol. The van der Waals surface area contributed by atoms with Crippen LogP contribution in [0.4, 0.5) is 5.82 Å². The molecule has 1 fully saturated rings. The number of halogens is 1. The highest BCUT2D eigenvalue weighted by Gasteiger charge is 2.47. The summed E-state index contributed by atoms with van der Waals surface area (Å²) in [5.41, 5.74) is 0.865. The van der Waals surface area contributed by atoms with Crippen molar-refractivity contribution in [3.63, 3.8) is 0 Å². The molecule has 3 heterocycles. The van der Waals surface area contributed by atoms with Gasteiger partial charge in [0, 0.05) is 17.1 Å². The van der Waals surface area contributed by atoms with E-state index in [4.69, 9.17) is 16.3 Å². The molecule has 1 aliphatic heterocycles. The van der Waals surface area contributed by atoms with E-state index in [1.807, 2.05) is 0 Å². The Kier molecular flexibility index (Phi) is 5.83. The van der Waals surface area contributed by atoms with Crippen LogP contribution in [0, 0.1) is 0 Å². The highest BCUT2D eigenvalue weighted by Crippen LogP contribution is 2.32. The largest absolute Gasteiger partial charge is 0.387 e. The smallest absolute Gasteiger partial charge is 0.256 e. The van der Waals surface area contributed by atoms with Crippen LogP contribution in [0.15, 0.2) is 36.9 Å². The monoisotopic (exact) mass is 446 g/mol. The predicted molar refractivity (Wildman–Crippen MR) is 109 cm³/mol. The molecule has 12 heteroatoms. The number of carbonyl (C=O) groups excluding carboxylic acids is 2. The van der Waals surface area contributed by atoms with Crippen molar-refractivity contribution in [3.05, 3.63) is 47.5 Å². The molecular formula is C19H19ClN6O5. The molecule has 1 aliphatic rings. The third-order valence-electron chi connectivity index (χ3n) is 4.82. The van der Waals surface area contributed by atoms with Gasteiger partial charge in [-0.2, -0.15) is 0 Å². The number of aliphatic hydroxyl groups is 2. The molecule has 0 bridgehead atoms. The van der Waals surface area contributed by atoms with Crippen molar-refractivity contribution in [1.29, 1.82) is 0 Å². The third kappa shape index (κ3) is 3.95. The molecule has 2 amide bonds. The average Bonchev–Trinajstić information content (AvgIpc) is 3.31. The van der Waals surface area contributed by atoms with Crippen molar-refractivity contribution in [2.24, 2.45) is 0 Å². The van der Waals surface area contributed by atoms with Crippen molar-refractivity contribution < 1.29 is 24.5 Å². The maximum absolute atomic E-state index is 12.5. The summed E-state index contributed by atoms with van der Waals surface area (Å²) in [6.07, 6.45) is -2.63. The van der Waals surface area contributed by atoms with E-state index in [9.17, 15) is 19.8 Å². The van der Waals surface area contributed by atoms with Gasteiger partial charge in [-0.05, 0) is 31.2 Å². The first-order valence-corrected chi connectivity index (χ1v) is 9.82. The lowest BCUT2D eigenvalue weighted by Crippen LogP contribution is -2.42. The van der Waals surface area contributed by atoms with E-state index in [2.05, 4.69) is 25.6 Å². The number of imidazole rings is 1. The number of carbonyl (C=O) groups is 2. The molecule has 0 radical (unpaired) electrons. The number of anilines is 1. The second kappa shape index (κ2) is 8.55. The Morgan fingerprint density at radius 2 is 1.90 bits per heavy atom. The number of benzene rings is 1. The lowest BCUT2D eigenvalue weighted by molar-refractivity contribution is -0.137. The van der Waals surface area contributed by atoms with Crippen LogP contribution in [0.2, 0.25) is 5.02 Å². The van der Waals surface area contributed by atoms with Gasteiger partial charge in [-0.3, -0.25) is 14.2 Å². The fraction of sp³-hybridized carbons (Fsp3) is 0.316. The van der Waals surface area contributed by atoms with Gasteiger partial charge in [0.05, 0.1) is 6.33 Å². The summed E-state index contributed by atoms with van der Waals surface area (Å²) in [5, 5.41) is 26.4. The van der Waals surface area contributed by atoms with Crippen molar-refractivity contribution in [2.75, 3.05) is 11.9 Å². The first-order chi connectivity index (χ1) is 14.9. The molecule has 4 rings (SSSR count). The highest BCUT2D eigenvalue weighted by molar-refractivity contribution is 6.30. The van der Waals surface area contributed by atoms with Gasteiger partial charge in [-0.1, -0.05) is 11.6 Å². The van der Waals surface area contributed by atoms with Gasteiger partial charge in [0.25, 0.3) is 11.8 Å². The van der Waals surface area contributed by atoms with Gasteiger partial charge >= 0.3 is 0 Å². The molecular weight excluding hydrogens is 428 g/mol. The summed E-state index contributed by atoms with van der Waals surface area (Å²) >= 11 is 5.85. The maximum atomic E-state index is 12.5. The number of aliphatic hydroxyl groups excluding tert-OH is 2. The van der Waals surface area contributed by atoms with Crippen molar-refractivity contribution in [1.82, 2.24) is 24.8 Å². The van der Waals surface area contributed by atoms with Gasteiger partial charge in [0.2, 0.25) is 0 Å². The Balaban J connectivity index is 1.61. The highest BCUT2D eigenvalue weighted by atomic mass is 35.5. The SMILES string of the molecule is CCNC(=O)[C@H]1O[C@@H](n2cnc3c(NC(=O)c4ccc(Cl)cc4)ncnc32)[C@H](O)[C@@H]1O. The zero-order valence-corrected chi connectivity index (χ0v) is 17.0. The van der Waals surface area contributed by atoms with Crippen LogP contribution in [0.5, 0.6) is 0 Å². The quantitative estimate of drug-likeness (QED) is 0.442. The number of nitrogens with one attached hydrogen (secondary N) is 2. The molecule has 0 unspecified atom stereocenters. The Labute approximate surface area is 181 Å². The Hall–Kier alpha value is -3.12. The van der Waals surface area contributed by atoms with Gasteiger partial charge in [0.15, 0.2) is 29.3 Å².